The van der Waals surface area contributed by atoms with Crippen molar-refractivity contribution in [3.8, 4) is 5.69 Å². The van der Waals surface area contributed by atoms with E-state index >= 15 is 0 Å². The van der Waals surface area contributed by atoms with E-state index < -0.39 is 0 Å². The Morgan fingerprint density at radius 1 is 1.15 bits per heavy atom. The fraction of sp³-hybridized carbons (Fsp3) is 0.421. The van der Waals surface area contributed by atoms with Crippen molar-refractivity contribution in [2.45, 2.75) is 13.3 Å². The van der Waals surface area contributed by atoms with Crippen molar-refractivity contribution in [3.05, 3.63) is 51.9 Å². The molecule has 2 aliphatic rings. The van der Waals surface area contributed by atoms with Crippen LogP contribution in [-0.2, 0) is 4.79 Å². The topological polar surface area (TPSA) is 58.4 Å². The number of hydrogen-bond donors (Lipinski definition) is 0. The first-order valence-corrected chi connectivity index (χ1v) is 9.31. The summed E-state index contributed by atoms with van der Waals surface area (Å²) in [5, 5.41) is 4.45. The van der Waals surface area contributed by atoms with Gasteiger partial charge in [-0.1, -0.05) is 36.7 Å². The molecule has 1 aromatic carbocycles. The van der Waals surface area contributed by atoms with Gasteiger partial charge < -0.3 is 9.80 Å². The van der Waals surface area contributed by atoms with Crippen molar-refractivity contribution < 1.29 is 4.79 Å². The zero-order valence-corrected chi connectivity index (χ0v) is 15.4. The largest absolute Gasteiger partial charge is 0.365 e. The maximum Gasteiger partial charge on any atom is 0.292 e. The molecule has 2 fully saturated rings. The summed E-state index contributed by atoms with van der Waals surface area (Å²) in [7, 11) is 0. The average Bonchev–Trinajstić information content (AvgIpc) is 3.41. The van der Waals surface area contributed by atoms with Gasteiger partial charge in [0.15, 0.2) is 0 Å². The van der Waals surface area contributed by atoms with Crippen LogP contribution in [0.5, 0.6) is 0 Å². The second kappa shape index (κ2) is 6.76. The van der Waals surface area contributed by atoms with Gasteiger partial charge in [-0.2, -0.15) is 9.78 Å². The first-order valence-electron chi connectivity index (χ1n) is 8.93. The third kappa shape index (κ3) is 3.09. The summed E-state index contributed by atoms with van der Waals surface area (Å²) in [5.41, 5.74) is 0.983. The summed E-state index contributed by atoms with van der Waals surface area (Å²) >= 11 is 6.36. The predicted octanol–water partition coefficient (Wildman–Crippen LogP) is 2.19. The molecule has 1 saturated heterocycles. The quantitative estimate of drug-likeness (QED) is 0.828. The molecule has 1 aliphatic carbocycles. The highest BCUT2D eigenvalue weighted by Crippen LogP contribution is 2.39. The van der Waals surface area contributed by atoms with E-state index in [0.717, 1.165) is 6.42 Å². The Labute approximate surface area is 157 Å². The molecule has 0 bridgehead atoms. The van der Waals surface area contributed by atoms with Gasteiger partial charge in [-0.05, 0) is 24.5 Å². The highest BCUT2D eigenvalue weighted by atomic mass is 35.5. The lowest BCUT2D eigenvalue weighted by atomic mass is 10.2. The van der Waals surface area contributed by atoms with Gasteiger partial charge in [-0.25, -0.2) is 0 Å². The van der Waals surface area contributed by atoms with Gasteiger partial charge >= 0.3 is 0 Å². The Bertz CT molecular complexity index is 875. The van der Waals surface area contributed by atoms with Crippen LogP contribution in [0.25, 0.3) is 5.69 Å². The molecular weight excluding hydrogens is 352 g/mol. The van der Waals surface area contributed by atoms with Crippen LogP contribution in [0.4, 0.5) is 5.69 Å². The maximum absolute atomic E-state index is 12.6. The normalized spacial score (nSPS) is 22.4. The number of carbonyl (C=O) groups is 1. The van der Waals surface area contributed by atoms with Crippen molar-refractivity contribution in [2.24, 2.45) is 11.8 Å². The molecule has 0 N–H and O–H groups in total. The summed E-state index contributed by atoms with van der Waals surface area (Å²) < 4.78 is 1.31. The molecule has 26 heavy (non-hydrogen) atoms. The molecule has 136 valence electrons. The number of piperazine rings is 1. The molecule has 6 nitrogen and oxygen atoms in total. The molecule has 2 heterocycles. The number of aromatic nitrogens is 2. The fourth-order valence-corrected chi connectivity index (χ4v) is 3.71. The van der Waals surface area contributed by atoms with Crippen LogP contribution in [0.2, 0.25) is 5.02 Å². The fourth-order valence-electron chi connectivity index (χ4n) is 3.47. The lowest BCUT2D eigenvalue weighted by Crippen LogP contribution is -2.49. The number of halogens is 1. The van der Waals surface area contributed by atoms with Crippen LogP contribution in [0.1, 0.15) is 13.3 Å². The highest BCUT2D eigenvalue weighted by Gasteiger charge is 2.42. The first-order chi connectivity index (χ1) is 12.6. The number of rotatable bonds is 3. The van der Waals surface area contributed by atoms with Crippen LogP contribution in [0, 0.1) is 11.8 Å². The standard InChI is InChI=1S/C19H21ClN4O2/c1-13-11-15(13)18(25)23-9-7-22(8-10-23)16-12-21-24(19(26)17(16)20)14-5-3-2-4-6-14/h2-6,12-13,15H,7-11H2,1H3. The first kappa shape index (κ1) is 17.1. The third-order valence-electron chi connectivity index (χ3n) is 5.26. The van der Waals surface area contributed by atoms with Crippen LogP contribution in [0.15, 0.2) is 41.3 Å². The van der Waals surface area contributed by atoms with Crippen molar-refractivity contribution in [1.82, 2.24) is 14.7 Å². The van der Waals surface area contributed by atoms with Crippen molar-refractivity contribution >= 4 is 23.2 Å². The smallest absolute Gasteiger partial charge is 0.292 e. The minimum absolute atomic E-state index is 0.166. The summed E-state index contributed by atoms with van der Waals surface area (Å²) in [4.78, 5) is 28.9. The molecule has 1 amide bonds. The Kier molecular flexibility index (Phi) is 4.44. The molecule has 0 spiro atoms. The molecule has 1 aromatic heterocycles. The van der Waals surface area contributed by atoms with E-state index in [4.69, 9.17) is 11.6 Å². The minimum Gasteiger partial charge on any atom is -0.365 e. The zero-order chi connectivity index (χ0) is 18.3. The van der Waals surface area contributed by atoms with E-state index in [-0.39, 0.29) is 22.4 Å². The second-order valence-corrected chi connectivity index (χ2v) is 7.41. The van der Waals surface area contributed by atoms with Crippen molar-refractivity contribution in [2.75, 3.05) is 31.1 Å². The van der Waals surface area contributed by atoms with E-state index in [1.54, 1.807) is 6.20 Å². The van der Waals surface area contributed by atoms with Gasteiger partial charge in [0.1, 0.15) is 5.02 Å². The molecule has 7 heteroatoms. The lowest BCUT2D eigenvalue weighted by molar-refractivity contribution is -0.133. The number of anilines is 1. The number of para-hydroxylation sites is 1. The Morgan fingerprint density at radius 2 is 1.81 bits per heavy atom. The zero-order valence-electron chi connectivity index (χ0n) is 14.6. The second-order valence-electron chi connectivity index (χ2n) is 7.03. The SMILES string of the molecule is CC1CC1C(=O)N1CCN(c2cnn(-c3ccccc3)c(=O)c2Cl)CC1. The predicted molar refractivity (Wildman–Crippen MR) is 101 cm³/mol. The molecule has 0 radical (unpaired) electrons. The summed E-state index contributed by atoms with van der Waals surface area (Å²) in [5.74, 6) is 0.993. The van der Waals surface area contributed by atoms with E-state index in [9.17, 15) is 9.59 Å². The average molecular weight is 373 g/mol. The number of amides is 1. The van der Waals surface area contributed by atoms with Crippen LogP contribution < -0.4 is 10.5 Å². The van der Waals surface area contributed by atoms with E-state index in [0.29, 0.717) is 43.5 Å². The molecule has 2 atom stereocenters. The van der Waals surface area contributed by atoms with Crippen LogP contribution >= 0.6 is 11.6 Å². The van der Waals surface area contributed by atoms with Crippen molar-refractivity contribution in [1.29, 1.82) is 0 Å². The Hall–Kier alpha value is -2.34. The van der Waals surface area contributed by atoms with E-state index in [2.05, 4.69) is 12.0 Å². The molecule has 2 aromatic rings. The van der Waals surface area contributed by atoms with Crippen LogP contribution in [-0.4, -0.2) is 46.8 Å². The summed E-state index contributed by atoms with van der Waals surface area (Å²) in [6.07, 6.45) is 2.64. The lowest BCUT2D eigenvalue weighted by Gasteiger charge is -2.36. The number of hydrogen-bond acceptors (Lipinski definition) is 4. The summed E-state index contributed by atoms with van der Waals surface area (Å²) in [6, 6.07) is 9.21. The van der Waals surface area contributed by atoms with Crippen molar-refractivity contribution in [3.63, 3.8) is 0 Å². The Balaban J connectivity index is 1.50. The molecule has 4 rings (SSSR count). The van der Waals surface area contributed by atoms with Crippen LogP contribution in [0.3, 0.4) is 0 Å². The van der Waals surface area contributed by atoms with Gasteiger partial charge in [-0.3, -0.25) is 9.59 Å². The van der Waals surface area contributed by atoms with Gasteiger partial charge in [0.25, 0.3) is 5.56 Å². The number of carbonyl (C=O) groups excluding carboxylic acids is 1. The van der Waals surface area contributed by atoms with Gasteiger partial charge in [0.05, 0.1) is 17.6 Å². The molecular formula is C19H21ClN4O2. The molecule has 2 unspecified atom stereocenters. The molecule has 1 saturated carbocycles. The molecule has 1 aliphatic heterocycles. The van der Waals surface area contributed by atoms with E-state index in [1.807, 2.05) is 40.1 Å². The summed E-state index contributed by atoms with van der Waals surface area (Å²) in [6.45, 7) is 4.73. The maximum atomic E-state index is 12.6. The van der Waals surface area contributed by atoms with E-state index in [1.165, 1.54) is 4.68 Å². The number of nitrogens with zero attached hydrogens (tertiary/aromatic N) is 4. The highest BCUT2D eigenvalue weighted by molar-refractivity contribution is 6.33. The third-order valence-corrected chi connectivity index (χ3v) is 5.62. The van der Waals surface area contributed by atoms with Gasteiger partial charge in [0.2, 0.25) is 5.91 Å². The number of benzene rings is 1. The minimum atomic E-state index is -0.333. The monoisotopic (exact) mass is 372 g/mol. The van der Waals surface area contributed by atoms with Gasteiger partial charge in [-0.15, -0.1) is 0 Å². The van der Waals surface area contributed by atoms with Gasteiger partial charge in [0, 0.05) is 32.1 Å². The Morgan fingerprint density at radius 3 is 2.42 bits per heavy atom.